The van der Waals surface area contributed by atoms with Crippen LogP contribution in [0.3, 0.4) is 0 Å². The molecule has 2 atom stereocenters. The van der Waals surface area contributed by atoms with Crippen molar-refractivity contribution in [1.82, 2.24) is 9.80 Å². The molecule has 0 unspecified atom stereocenters. The van der Waals surface area contributed by atoms with Gasteiger partial charge in [-0.05, 0) is 49.5 Å². The van der Waals surface area contributed by atoms with Crippen molar-refractivity contribution in [2.24, 2.45) is 0 Å². The highest BCUT2D eigenvalue weighted by Crippen LogP contribution is 2.54. The summed E-state index contributed by atoms with van der Waals surface area (Å²) in [7, 11) is 0. The van der Waals surface area contributed by atoms with E-state index in [-0.39, 0.29) is 17.9 Å². The summed E-state index contributed by atoms with van der Waals surface area (Å²) in [5.41, 5.74) is 2.22. The van der Waals surface area contributed by atoms with Crippen LogP contribution in [0.1, 0.15) is 36.4 Å². The van der Waals surface area contributed by atoms with Crippen molar-refractivity contribution >= 4 is 17.5 Å². The zero-order chi connectivity index (χ0) is 19.1. The van der Waals surface area contributed by atoms with Gasteiger partial charge in [-0.25, -0.2) is 0 Å². The fourth-order valence-electron chi connectivity index (χ4n) is 5.28. The lowest BCUT2D eigenvalue weighted by Crippen LogP contribution is -2.45. The van der Waals surface area contributed by atoms with Crippen molar-refractivity contribution in [2.75, 3.05) is 31.5 Å². The monoisotopic (exact) mass is 375 g/mol. The maximum atomic E-state index is 13.3. The Morgan fingerprint density at radius 2 is 1.71 bits per heavy atom. The summed E-state index contributed by atoms with van der Waals surface area (Å²) >= 11 is 0. The average Bonchev–Trinajstić information content (AvgIpc) is 3.43. The number of nitrogens with zero attached hydrogens (tertiary/aromatic N) is 2. The second-order valence-electron chi connectivity index (χ2n) is 8.10. The number of hydrogen-bond acceptors (Lipinski definition) is 3. The maximum absolute atomic E-state index is 13.3. The van der Waals surface area contributed by atoms with Gasteiger partial charge in [-0.1, -0.05) is 48.5 Å². The lowest BCUT2D eigenvalue weighted by molar-refractivity contribution is -0.134. The summed E-state index contributed by atoms with van der Waals surface area (Å²) in [6.07, 6.45) is 2.98. The minimum absolute atomic E-state index is 0.0130. The van der Waals surface area contributed by atoms with Crippen LogP contribution in [-0.2, 0) is 15.0 Å². The molecule has 3 heterocycles. The first-order valence-electron chi connectivity index (χ1n) is 10.2. The Balaban J connectivity index is 1.57. The molecule has 0 bridgehead atoms. The van der Waals surface area contributed by atoms with Gasteiger partial charge in [-0.15, -0.1) is 0 Å². The first-order chi connectivity index (χ1) is 13.7. The summed E-state index contributed by atoms with van der Waals surface area (Å²) < 4.78 is 0. The second kappa shape index (κ2) is 6.74. The van der Waals surface area contributed by atoms with E-state index in [4.69, 9.17) is 0 Å². The van der Waals surface area contributed by atoms with Crippen LogP contribution in [0.5, 0.6) is 0 Å². The van der Waals surface area contributed by atoms with Crippen molar-refractivity contribution in [1.29, 1.82) is 0 Å². The molecular formula is C23H25N3O2. The van der Waals surface area contributed by atoms with E-state index in [1.807, 2.05) is 59.5 Å². The first kappa shape index (κ1) is 17.4. The highest BCUT2D eigenvalue weighted by Gasteiger charge is 2.59. The highest BCUT2D eigenvalue weighted by atomic mass is 16.2. The molecule has 0 saturated carbocycles. The summed E-state index contributed by atoms with van der Waals surface area (Å²) in [6.45, 7) is 3.03. The van der Waals surface area contributed by atoms with Gasteiger partial charge in [0, 0.05) is 12.2 Å². The molecule has 28 heavy (non-hydrogen) atoms. The molecule has 0 radical (unpaired) electrons. The molecule has 2 fully saturated rings. The zero-order valence-corrected chi connectivity index (χ0v) is 15.9. The molecule has 3 aliphatic rings. The van der Waals surface area contributed by atoms with Crippen LogP contribution in [-0.4, -0.2) is 47.8 Å². The molecule has 1 spiro atoms. The number of anilines is 1. The lowest BCUT2D eigenvalue weighted by Gasteiger charge is -2.35. The average molecular weight is 375 g/mol. The fourth-order valence-corrected chi connectivity index (χ4v) is 5.28. The van der Waals surface area contributed by atoms with Gasteiger partial charge in [0.05, 0.1) is 12.6 Å². The smallest absolute Gasteiger partial charge is 0.237 e. The highest BCUT2D eigenvalue weighted by molar-refractivity contribution is 6.07. The van der Waals surface area contributed by atoms with Crippen LogP contribution in [0.4, 0.5) is 5.69 Å². The third-order valence-electron chi connectivity index (χ3n) is 6.58. The van der Waals surface area contributed by atoms with Crippen LogP contribution in [0.15, 0.2) is 54.6 Å². The summed E-state index contributed by atoms with van der Waals surface area (Å²) in [5.74, 6) is 0.142. The topological polar surface area (TPSA) is 52.7 Å². The minimum atomic E-state index is -0.710. The largest absolute Gasteiger partial charge is 0.333 e. The number of carbonyl (C=O) groups excluding carboxylic acids is 2. The van der Waals surface area contributed by atoms with Gasteiger partial charge in [0.2, 0.25) is 11.8 Å². The lowest BCUT2D eigenvalue weighted by atomic mass is 9.72. The second-order valence-corrected chi connectivity index (χ2v) is 8.10. The van der Waals surface area contributed by atoms with Crippen molar-refractivity contribution in [3.05, 3.63) is 65.7 Å². The Bertz CT molecular complexity index is 907. The van der Waals surface area contributed by atoms with Crippen LogP contribution in [0.2, 0.25) is 0 Å². The van der Waals surface area contributed by atoms with Crippen LogP contribution in [0.25, 0.3) is 0 Å². The van der Waals surface area contributed by atoms with Gasteiger partial charge >= 0.3 is 0 Å². The summed E-state index contributed by atoms with van der Waals surface area (Å²) in [5, 5.41) is 3.08. The molecule has 2 aromatic carbocycles. The molecule has 1 N–H and O–H groups in total. The van der Waals surface area contributed by atoms with Crippen LogP contribution in [0, 0.1) is 0 Å². The summed E-state index contributed by atoms with van der Waals surface area (Å²) in [4.78, 5) is 30.8. The van der Waals surface area contributed by atoms with E-state index in [2.05, 4.69) is 10.2 Å². The van der Waals surface area contributed by atoms with E-state index in [1.165, 1.54) is 0 Å². The van der Waals surface area contributed by atoms with Gasteiger partial charge in [-0.2, -0.15) is 0 Å². The van der Waals surface area contributed by atoms with E-state index >= 15 is 0 Å². The number of nitrogens with one attached hydrogen (secondary N) is 1. The number of carbonyl (C=O) groups is 2. The van der Waals surface area contributed by atoms with E-state index < -0.39 is 5.41 Å². The van der Waals surface area contributed by atoms with Crippen molar-refractivity contribution in [3.63, 3.8) is 0 Å². The van der Waals surface area contributed by atoms with Crippen LogP contribution < -0.4 is 5.32 Å². The minimum Gasteiger partial charge on any atom is -0.333 e. The molecule has 5 rings (SSSR count). The number of para-hydroxylation sites is 1. The van der Waals surface area contributed by atoms with Gasteiger partial charge in [-0.3, -0.25) is 14.5 Å². The quantitative estimate of drug-likeness (QED) is 0.897. The standard InChI is InChI=1S/C23H25N3O2/c27-20(16-25-13-6-7-14-25)26-15-12-23(21(26)17-8-2-1-3-9-17)18-10-4-5-11-19(18)24-22(23)28/h1-5,8-11,21H,6-7,12-16H2,(H,24,28)/t21-,23+/m0/s1. The molecule has 0 aliphatic carbocycles. The van der Waals surface area contributed by atoms with E-state index in [1.54, 1.807) is 0 Å². The number of likely N-dealkylation sites (tertiary alicyclic amines) is 2. The van der Waals surface area contributed by atoms with E-state index in [9.17, 15) is 9.59 Å². The molecule has 3 aliphatic heterocycles. The molecule has 144 valence electrons. The third kappa shape index (κ3) is 2.57. The van der Waals surface area contributed by atoms with Gasteiger partial charge in [0.15, 0.2) is 0 Å². The Morgan fingerprint density at radius 3 is 2.50 bits per heavy atom. The number of benzene rings is 2. The molecule has 5 nitrogen and oxygen atoms in total. The number of fused-ring (bicyclic) bond motifs is 2. The van der Waals surface area contributed by atoms with Crippen molar-refractivity contribution in [2.45, 2.75) is 30.7 Å². The van der Waals surface area contributed by atoms with Gasteiger partial charge in [0.1, 0.15) is 5.41 Å². The maximum Gasteiger partial charge on any atom is 0.237 e. The van der Waals surface area contributed by atoms with Crippen LogP contribution >= 0.6 is 0 Å². The first-order valence-corrected chi connectivity index (χ1v) is 10.2. The molecule has 2 aromatic rings. The Kier molecular flexibility index (Phi) is 4.20. The predicted molar refractivity (Wildman–Crippen MR) is 108 cm³/mol. The molecule has 5 heteroatoms. The number of hydrogen-bond donors (Lipinski definition) is 1. The fraction of sp³-hybridized carbons (Fsp3) is 0.391. The normalized spacial score (nSPS) is 26.6. The summed E-state index contributed by atoms with van der Waals surface area (Å²) in [6, 6.07) is 17.7. The molecule has 2 amide bonds. The molecular weight excluding hydrogens is 350 g/mol. The zero-order valence-electron chi connectivity index (χ0n) is 15.9. The Morgan fingerprint density at radius 1 is 1.00 bits per heavy atom. The van der Waals surface area contributed by atoms with Gasteiger partial charge in [0.25, 0.3) is 0 Å². The SMILES string of the molecule is O=C(CN1CCCC1)N1CC[C@]2(C(=O)Nc3ccccc32)[C@@H]1c1ccccc1. The van der Waals surface area contributed by atoms with Crippen molar-refractivity contribution < 1.29 is 9.59 Å². The van der Waals surface area contributed by atoms with Crippen molar-refractivity contribution in [3.8, 4) is 0 Å². The molecule has 2 saturated heterocycles. The third-order valence-corrected chi connectivity index (χ3v) is 6.58. The Hall–Kier alpha value is -2.66. The number of rotatable bonds is 3. The van der Waals surface area contributed by atoms with E-state index in [0.717, 1.165) is 42.7 Å². The number of amides is 2. The Labute approximate surface area is 165 Å². The van der Waals surface area contributed by atoms with E-state index in [0.29, 0.717) is 19.5 Å². The predicted octanol–water partition coefficient (Wildman–Crippen LogP) is 2.95. The van der Waals surface area contributed by atoms with Gasteiger partial charge < -0.3 is 10.2 Å². The molecule has 0 aromatic heterocycles.